The van der Waals surface area contributed by atoms with Gasteiger partial charge >= 0.3 is 0 Å². The molecule has 112 valence electrons. The highest BCUT2D eigenvalue weighted by Crippen LogP contribution is 2.33. The van der Waals surface area contributed by atoms with Crippen LogP contribution in [0.25, 0.3) is 0 Å². The molecular formula is C18H22FNO. The first kappa shape index (κ1) is 15.5. The van der Waals surface area contributed by atoms with Crippen LogP contribution in [0.4, 0.5) is 4.39 Å². The van der Waals surface area contributed by atoms with Crippen LogP contribution in [0.15, 0.2) is 36.4 Å². The average Bonchev–Trinajstić information content (AvgIpc) is 2.48. The summed E-state index contributed by atoms with van der Waals surface area (Å²) in [4.78, 5) is 0. The lowest BCUT2D eigenvalue weighted by molar-refractivity contribution is 0.402. The third-order valence-corrected chi connectivity index (χ3v) is 3.87. The molecule has 0 aromatic heterocycles. The minimum atomic E-state index is -0.251. The van der Waals surface area contributed by atoms with Gasteiger partial charge in [0.2, 0.25) is 0 Å². The van der Waals surface area contributed by atoms with Crippen LogP contribution in [0, 0.1) is 19.7 Å². The van der Waals surface area contributed by atoms with E-state index in [1.165, 1.54) is 17.2 Å². The van der Waals surface area contributed by atoms with Gasteiger partial charge in [-0.1, -0.05) is 25.1 Å². The van der Waals surface area contributed by atoms with Gasteiger partial charge in [0.15, 0.2) is 0 Å². The van der Waals surface area contributed by atoms with E-state index in [0.717, 1.165) is 17.7 Å². The Labute approximate surface area is 126 Å². The zero-order valence-electron chi connectivity index (χ0n) is 13.0. The van der Waals surface area contributed by atoms with E-state index in [9.17, 15) is 4.39 Å². The molecule has 21 heavy (non-hydrogen) atoms. The van der Waals surface area contributed by atoms with Crippen molar-refractivity contribution < 1.29 is 9.13 Å². The van der Waals surface area contributed by atoms with Crippen molar-refractivity contribution in [3.63, 3.8) is 0 Å². The van der Waals surface area contributed by atoms with Gasteiger partial charge in [-0.15, -0.1) is 0 Å². The summed E-state index contributed by atoms with van der Waals surface area (Å²) in [5.74, 6) is 0.447. The van der Waals surface area contributed by atoms with Gasteiger partial charge in [-0.3, -0.25) is 0 Å². The predicted molar refractivity (Wildman–Crippen MR) is 84.4 cm³/mol. The monoisotopic (exact) mass is 287 g/mol. The Morgan fingerprint density at radius 2 is 1.90 bits per heavy atom. The second-order valence-corrected chi connectivity index (χ2v) is 5.17. The second-order valence-electron chi connectivity index (χ2n) is 5.17. The molecule has 2 aromatic rings. The molecule has 0 aliphatic carbocycles. The summed E-state index contributed by atoms with van der Waals surface area (Å²) >= 11 is 0. The number of hydrogen-bond acceptors (Lipinski definition) is 2. The number of benzene rings is 2. The van der Waals surface area contributed by atoms with Crippen LogP contribution in [0.3, 0.4) is 0 Å². The second kappa shape index (κ2) is 6.72. The minimum Gasteiger partial charge on any atom is -0.496 e. The maximum Gasteiger partial charge on any atom is 0.124 e. The van der Waals surface area contributed by atoms with Gasteiger partial charge < -0.3 is 10.1 Å². The number of rotatable bonds is 5. The van der Waals surface area contributed by atoms with Crippen molar-refractivity contribution >= 4 is 0 Å². The summed E-state index contributed by atoms with van der Waals surface area (Å²) in [6.07, 6.45) is 0. The molecular weight excluding hydrogens is 265 g/mol. The molecule has 0 amide bonds. The highest BCUT2D eigenvalue weighted by Gasteiger charge is 2.20. The van der Waals surface area contributed by atoms with E-state index in [0.29, 0.717) is 5.75 Å². The van der Waals surface area contributed by atoms with E-state index in [-0.39, 0.29) is 11.9 Å². The van der Waals surface area contributed by atoms with Crippen LogP contribution in [-0.4, -0.2) is 13.7 Å². The molecule has 0 heterocycles. The first-order chi connectivity index (χ1) is 10.1. The number of ether oxygens (including phenoxy) is 1. The highest BCUT2D eigenvalue weighted by atomic mass is 19.1. The molecule has 0 saturated heterocycles. The van der Waals surface area contributed by atoms with E-state index >= 15 is 0 Å². The molecule has 2 aromatic carbocycles. The molecule has 0 saturated carbocycles. The fourth-order valence-corrected chi connectivity index (χ4v) is 2.61. The third-order valence-electron chi connectivity index (χ3n) is 3.87. The predicted octanol–water partition coefficient (Wildman–Crippen LogP) is 4.15. The quantitative estimate of drug-likeness (QED) is 0.892. The Morgan fingerprint density at radius 3 is 2.57 bits per heavy atom. The minimum absolute atomic E-state index is 0.0828. The molecule has 0 fully saturated rings. The zero-order chi connectivity index (χ0) is 15.4. The fourth-order valence-electron chi connectivity index (χ4n) is 2.61. The Kier molecular flexibility index (Phi) is 4.97. The summed E-state index contributed by atoms with van der Waals surface area (Å²) < 4.78 is 19.1. The van der Waals surface area contributed by atoms with Crippen LogP contribution < -0.4 is 10.1 Å². The Bertz CT molecular complexity index is 625. The van der Waals surface area contributed by atoms with Gasteiger partial charge in [-0.2, -0.15) is 0 Å². The number of nitrogens with one attached hydrogen (secondary N) is 1. The molecule has 2 nitrogen and oxygen atoms in total. The average molecular weight is 287 g/mol. The number of aryl methyl sites for hydroxylation is 1. The molecule has 1 atom stereocenters. The van der Waals surface area contributed by atoms with Crippen LogP contribution >= 0.6 is 0 Å². The molecule has 3 heteroatoms. The molecule has 1 N–H and O–H groups in total. The largest absolute Gasteiger partial charge is 0.496 e. The van der Waals surface area contributed by atoms with Gasteiger partial charge in [0, 0.05) is 5.56 Å². The van der Waals surface area contributed by atoms with Crippen molar-refractivity contribution in [1.82, 2.24) is 5.32 Å². The number of hydrogen-bond donors (Lipinski definition) is 1. The zero-order valence-corrected chi connectivity index (χ0v) is 13.0. The highest BCUT2D eigenvalue weighted by molar-refractivity contribution is 5.46. The van der Waals surface area contributed by atoms with Gasteiger partial charge in [-0.25, -0.2) is 4.39 Å². The third kappa shape index (κ3) is 3.24. The summed E-state index contributed by atoms with van der Waals surface area (Å²) in [5.41, 5.74) is 4.43. The van der Waals surface area contributed by atoms with Crippen molar-refractivity contribution in [2.45, 2.75) is 26.8 Å². The van der Waals surface area contributed by atoms with E-state index in [4.69, 9.17) is 4.74 Å². The summed E-state index contributed by atoms with van der Waals surface area (Å²) in [6, 6.07) is 10.8. The van der Waals surface area contributed by atoms with E-state index in [1.54, 1.807) is 19.2 Å². The van der Waals surface area contributed by atoms with E-state index < -0.39 is 0 Å². The van der Waals surface area contributed by atoms with E-state index in [2.05, 4.69) is 31.3 Å². The molecule has 0 radical (unpaired) electrons. The number of halogens is 1. The fraction of sp³-hybridized carbons (Fsp3) is 0.333. The van der Waals surface area contributed by atoms with Crippen molar-refractivity contribution in [2.75, 3.05) is 13.7 Å². The maximum atomic E-state index is 13.7. The topological polar surface area (TPSA) is 21.3 Å². The normalized spacial score (nSPS) is 12.2. The molecule has 1 unspecified atom stereocenters. The summed E-state index contributed by atoms with van der Waals surface area (Å²) in [6.45, 7) is 7.02. The van der Waals surface area contributed by atoms with Gasteiger partial charge in [0.05, 0.1) is 13.2 Å². The lowest BCUT2D eigenvalue weighted by atomic mass is 9.92. The molecule has 0 aliphatic heterocycles. The summed E-state index contributed by atoms with van der Waals surface area (Å²) in [7, 11) is 1.61. The Morgan fingerprint density at radius 1 is 1.14 bits per heavy atom. The van der Waals surface area contributed by atoms with Gasteiger partial charge in [-0.05, 0) is 55.3 Å². The first-order valence-electron chi connectivity index (χ1n) is 7.21. The molecule has 2 rings (SSSR count). The van der Waals surface area contributed by atoms with Gasteiger partial charge in [0.25, 0.3) is 0 Å². The van der Waals surface area contributed by atoms with Crippen LogP contribution in [0.5, 0.6) is 5.75 Å². The van der Waals surface area contributed by atoms with Crippen molar-refractivity contribution in [3.8, 4) is 5.75 Å². The van der Waals surface area contributed by atoms with Crippen LogP contribution in [-0.2, 0) is 0 Å². The lowest BCUT2D eigenvalue weighted by Gasteiger charge is -2.23. The first-order valence-corrected chi connectivity index (χ1v) is 7.21. The summed E-state index contributed by atoms with van der Waals surface area (Å²) in [5, 5.41) is 3.44. The van der Waals surface area contributed by atoms with Gasteiger partial charge in [0.1, 0.15) is 11.6 Å². The SMILES string of the molecule is CCNC(c1cc(F)ccc1OC)c1cccc(C)c1C. The molecule has 0 bridgehead atoms. The Hall–Kier alpha value is -1.87. The van der Waals surface area contributed by atoms with E-state index in [1.807, 2.05) is 13.0 Å². The molecule has 0 aliphatic rings. The van der Waals surface area contributed by atoms with Crippen molar-refractivity contribution in [1.29, 1.82) is 0 Å². The smallest absolute Gasteiger partial charge is 0.124 e. The standard InChI is InChI=1S/C18H22FNO/c1-5-20-18(15-8-6-7-12(2)13(15)3)16-11-14(19)9-10-17(16)21-4/h6-11,18,20H,5H2,1-4H3. The van der Waals surface area contributed by atoms with Crippen LogP contribution in [0.2, 0.25) is 0 Å². The maximum absolute atomic E-state index is 13.7. The van der Waals surface area contributed by atoms with Crippen LogP contribution in [0.1, 0.15) is 35.2 Å². The number of methoxy groups -OCH3 is 1. The Balaban J connectivity index is 2.58. The lowest BCUT2D eigenvalue weighted by Crippen LogP contribution is -2.23. The van der Waals surface area contributed by atoms with Crippen molar-refractivity contribution in [2.24, 2.45) is 0 Å². The molecule has 0 spiro atoms. The van der Waals surface area contributed by atoms with Crippen molar-refractivity contribution in [3.05, 3.63) is 64.5 Å².